The van der Waals surface area contributed by atoms with Crippen molar-refractivity contribution in [2.45, 2.75) is 47.1 Å². The molecule has 0 saturated carbocycles. The van der Waals surface area contributed by atoms with Crippen LogP contribution in [0.15, 0.2) is 4.52 Å². The number of nitrogens with two attached hydrogens (primary N) is 1. The molecule has 0 fully saturated rings. The molecule has 102 valence electrons. The van der Waals surface area contributed by atoms with Gasteiger partial charge in [0.1, 0.15) is 5.76 Å². The summed E-state index contributed by atoms with van der Waals surface area (Å²) in [4.78, 5) is 12.2. The predicted molar refractivity (Wildman–Crippen MR) is 70.0 cm³/mol. The van der Waals surface area contributed by atoms with Gasteiger partial charge >= 0.3 is 0 Å². The molecule has 5 nitrogen and oxygen atoms in total. The first-order valence-corrected chi connectivity index (χ1v) is 6.29. The largest absolute Gasteiger partial charge is 0.361 e. The molecule has 1 amide bonds. The Bertz CT molecular complexity index is 402. The number of hydrogen-bond donors (Lipinski definition) is 2. The summed E-state index contributed by atoms with van der Waals surface area (Å²) in [6.45, 7) is 9.83. The third kappa shape index (κ3) is 2.72. The predicted octanol–water partition coefficient (Wildman–Crippen LogP) is 1.84. The van der Waals surface area contributed by atoms with Gasteiger partial charge in [-0.05, 0) is 34.1 Å². The van der Waals surface area contributed by atoms with Gasteiger partial charge in [-0.2, -0.15) is 0 Å². The van der Waals surface area contributed by atoms with E-state index in [1.54, 1.807) is 0 Å². The van der Waals surface area contributed by atoms with Crippen molar-refractivity contribution in [1.82, 2.24) is 10.5 Å². The molecule has 1 rings (SSSR count). The van der Waals surface area contributed by atoms with Crippen LogP contribution < -0.4 is 11.1 Å². The van der Waals surface area contributed by atoms with E-state index in [1.165, 1.54) is 0 Å². The second kappa shape index (κ2) is 5.52. The van der Waals surface area contributed by atoms with Crippen LogP contribution in [0.5, 0.6) is 0 Å². The number of aromatic nitrogens is 1. The lowest BCUT2D eigenvalue weighted by atomic mass is 9.86. The molecule has 0 aliphatic carbocycles. The summed E-state index contributed by atoms with van der Waals surface area (Å²) in [6, 6.07) is -0.124. The van der Waals surface area contributed by atoms with Gasteiger partial charge in [-0.15, -0.1) is 0 Å². The van der Waals surface area contributed by atoms with Crippen LogP contribution in [0.4, 0.5) is 0 Å². The van der Waals surface area contributed by atoms with E-state index in [1.807, 2.05) is 34.6 Å². The lowest BCUT2D eigenvalue weighted by Gasteiger charge is -2.27. The number of nitrogens with one attached hydrogen (secondary N) is 1. The summed E-state index contributed by atoms with van der Waals surface area (Å²) in [5, 5.41) is 6.88. The lowest BCUT2D eigenvalue weighted by Crippen LogP contribution is -2.44. The SMILES string of the molecule is CCC(C)(CN)C(=O)NC(C)c1c(C)noc1C. The summed E-state index contributed by atoms with van der Waals surface area (Å²) in [6.07, 6.45) is 0.712. The molecule has 2 unspecified atom stereocenters. The summed E-state index contributed by atoms with van der Waals surface area (Å²) in [7, 11) is 0. The highest BCUT2D eigenvalue weighted by Crippen LogP contribution is 2.24. The van der Waals surface area contributed by atoms with E-state index in [-0.39, 0.29) is 11.9 Å². The molecule has 0 saturated heterocycles. The van der Waals surface area contributed by atoms with Crippen molar-refractivity contribution in [3.05, 3.63) is 17.0 Å². The van der Waals surface area contributed by atoms with Gasteiger partial charge in [0.25, 0.3) is 0 Å². The zero-order valence-electron chi connectivity index (χ0n) is 11.8. The Morgan fingerprint density at radius 2 is 2.17 bits per heavy atom. The fourth-order valence-corrected chi connectivity index (χ4v) is 1.95. The van der Waals surface area contributed by atoms with Gasteiger partial charge in [-0.25, -0.2) is 0 Å². The Balaban J connectivity index is 2.83. The molecule has 0 bridgehead atoms. The van der Waals surface area contributed by atoms with Crippen molar-refractivity contribution in [3.8, 4) is 0 Å². The topological polar surface area (TPSA) is 81.2 Å². The van der Waals surface area contributed by atoms with Crippen LogP contribution in [-0.2, 0) is 4.79 Å². The normalized spacial score (nSPS) is 16.1. The van der Waals surface area contributed by atoms with Crippen molar-refractivity contribution in [2.75, 3.05) is 6.54 Å². The molecular weight excluding hydrogens is 230 g/mol. The molecule has 1 aromatic heterocycles. The quantitative estimate of drug-likeness (QED) is 0.839. The molecule has 18 heavy (non-hydrogen) atoms. The number of carbonyl (C=O) groups excluding carboxylic acids is 1. The Morgan fingerprint density at radius 1 is 1.56 bits per heavy atom. The fraction of sp³-hybridized carbons (Fsp3) is 0.692. The first kappa shape index (κ1) is 14.7. The Kier molecular flexibility index (Phi) is 4.51. The maximum absolute atomic E-state index is 12.2. The van der Waals surface area contributed by atoms with E-state index in [4.69, 9.17) is 10.3 Å². The number of amides is 1. The van der Waals surface area contributed by atoms with Crippen LogP contribution in [0.2, 0.25) is 0 Å². The third-order valence-electron chi connectivity index (χ3n) is 3.65. The average molecular weight is 253 g/mol. The van der Waals surface area contributed by atoms with Crippen LogP contribution in [0.1, 0.15) is 50.3 Å². The van der Waals surface area contributed by atoms with Gasteiger partial charge < -0.3 is 15.6 Å². The van der Waals surface area contributed by atoms with E-state index < -0.39 is 5.41 Å². The second-order valence-corrected chi connectivity index (χ2v) is 5.05. The molecule has 3 N–H and O–H groups in total. The number of carbonyl (C=O) groups is 1. The smallest absolute Gasteiger partial charge is 0.227 e. The van der Waals surface area contributed by atoms with Crippen LogP contribution >= 0.6 is 0 Å². The van der Waals surface area contributed by atoms with Crippen LogP contribution in [0.25, 0.3) is 0 Å². The van der Waals surface area contributed by atoms with E-state index in [2.05, 4.69) is 10.5 Å². The third-order valence-corrected chi connectivity index (χ3v) is 3.65. The molecule has 0 aliphatic rings. The highest BCUT2D eigenvalue weighted by atomic mass is 16.5. The fourth-order valence-electron chi connectivity index (χ4n) is 1.95. The molecule has 0 aliphatic heterocycles. The van der Waals surface area contributed by atoms with E-state index in [9.17, 15) is 4.79 Å². The molecule has 0 spiro atoms. The number of hydrogen-bond acceptors (Lipinski definition) is 4. The summed E-state index contributed by atoms with van der Waals surface area (Å²) in [5.74, 6) is 0.714. The van der Waals surface area contributed by atoms with Crippen molar-refractivity contribution in [2.24, 2.45) is 11.1 Å². The first-order valence-electron chi connectivity index (χ1n) is 6.29. The molecule has 1 heterocycles. The van der Waals surface area contributed by atoms with Crippen molar-refractivity contribution in [1.29, 1.82) is 0 Å². The van der Waals surface area contributed by atoms with Gasteiger partial charge in [0.15, 0.2) is 0 Å². The number of nitrogens with zero attached hydrogens (tertiary/aromatic N) is 1. The molecule has 1 aromatic rings. The molecule has 5 heteroatoms. The molecule has 0 aromatic carbocycles. The average Bonchev–Trinajstić information content (AvgIpc) is 2.67. The maximum atomic E-state index is 12.2. The Morgan fingerprint density at radius 3 is 2.56 bits per heavy atom. The summed E-state index contributed by atoms with van der Waals surface area (Å²) < 4.78 is 5.11. The van der Waals surface area contributed by atoms with Crippen LogP contribution in [0, 0.1) is 19.3 Å². The summed E-state index contributed by atoms with van der Waals surface area (Å²) >= 11 is 0. The molecule has 0 radical (unpaired) electrons. The summed E-state index contributed by atoms with van der Waals surface area (Å²) in [5.41, 5.74) is 6.92. The minimum atomic E-state index is -0.521. The van der Waals surface area contributed by atoms with Gasteiger partial charge in [-0.3, -0.25) is 4.79 Å². The number of rotatable bonds is 5. The van der Waals surface area contributed by atoms with Crippen molar-refractivity contribution < 1.29 is 9.32 Å². The molecule has 2 atom stereocenters. The Labute approximate surface area is 108 Å². The monoisotopic (exact) mass is 253 g/mol. The highest BCUT2D eigenvalue weighted by Gasteiger charge is 2.31. The Hall–Kier alpha value is -1.36. The van der Waals surface area contributed by atoms with Gasteiger partial charge in [-0.1, -0.05) is 12.1 Å². The zero-order chi connectivity index (χ0) is 13.9. The zero-order valence-corrected chi connectivity index (χ0v) is 11.8. The van der Waals surface area contributed by atoms with E-state index in [0.29, 0.717) is 13.0 Å². The van der Waals surface area contributed by atoms with E-state index >= 15 is 0 Å². The minimum absolute atomic E-state index is 0.0278. The number of aryl methyl sites for hydroxylation is 2. The van der Waals surface area contributed by atoms with Crippen LogP contribution in [-0.4, -0.2) is 17.6 Å². The van der Waals surface area contributed by atoms with Crippen molar-refractivity contribution in [3.63, 3.8) is 0 Å². The second-order valence-electron chi connectivity index (χ2n) is 5.05. The van der Waals surface area contributed by atoms with E-state index in [0.717, 1.165) is 17.0 Å². The molecular formula is C13H23N3O2. The van der Waals surface area contributed by atoms with Gasteiger partial charge in [0, 0.05) is 12.1 Å². The minimum Gasteiger partial charge on any atom is -0.361 e. The first-order chi connectivity index (χ1) is 8.35. The lowest BCUT2D eigenvalue weighted by molar-refractivity contribution is -0.130. The van der Waals surface area contributed by atoms with Gasteiger partial charge in [0.05, 0.1) is 17.2 Å². The highest BCUT2D eigenvalue weighted by molar-refractivity contribution is 5.82. The van der Waals surface area contributed by atoms with Crippen molar-refractivity contribution >= 4 is 5.91 Å². The standard InChI is InChI=1S/C13H23N3O2/c1-6-13(5,7-14)12(17)15-8(2)11-9(3)16-18-10(11)4/h8H,6-7,14H2,1-5H3,(H,15,17). The van der Waals surface area contributed by atoms with Gasteiger partial charge in [0.2, 0.25) is 5.91 Å². The van der Waals surface area contributed by atoms with Crippen LogP contribution in [0.3, 0.4) is 0 Å². The maximum Gasteiger partial charge on any atom is 0.227 e.